The fourth-order valence-electron chi connectivity index (χ4n) is 1.89. The summed E-state index contributed by atoms with van der Waals surface area (Å²) < 4.78 is 16.9. The number of nitrogen functional groups attached to an aromatic ring is 1. The van der Waals surface area contributed by atoms with Crippen molar-refractivity contribution in [3.63, 3.8) is 0 Å². The Morgan fingerprint density at radius 1 is 1.20 bits per heavy atom. The van der Waals surface area contributed by atoms with Crippen LogP contribution in [0.5, 0.6) is 5.75 Å². The van der Waals surface area contributed by atoms with E-state index in [0.29, 0.717) is 17.3 Å². The molecular weight excluding hydrogens is 255 g/mol. The van der Waals surface area contributed by atoms with E-state index < -0.39 is 7.12 Å². The molecule has 2 N–H and O–H groups in total. The number of rotatable bonds is 3. The van der Waals surface area contributed by atoms with Crippen LogP contribution in [0.1, 0.15) is 33.4 Å². The third-order valence-electron chi connectivity index (χ3n) is 3.77. The summed E-state index contributed by atoms with van der Waals surface area (Å²) in [6, 6.07) is 3.48. The zero-order valence-electron chi connectivity index (χ0n) is 12.6. The SMILES string of the molecule is COc1cc(N)nc(/C=C/B2OC(C)(C)C(C)(C)O2)c1. The maximum absolute atomic E-state index is 5.87. The van der Waals surface area contributed by atoms with Crippen LogP contribution in [0.4, 0.5) is 5.82 Å². The standard InChI is InChI=1S/C14H21BN2O3/c1-13(2)14(3,4)20-15(19-13)7-6-10-8-11(18-5)9-12(16)17-10/h6-9H,1-5H3,(H2,16,17)/b7-6+. The highest BCUT2D eigenvalue weighted by Crippen LogP contribution is 2.37. The lowest BCUT2D eigenvalue weighted by atomic mass is 9.89. The first kappa shape index (κ1) is 14.9. The van der Waals surface area contributed by atoms with E-state index in [2.05, 4.69) is 4.98 Å². The predicted octanol–water partition coefficient (Wildman–Crippen LogP) is 2.32. The van der Waals surface area contributed by atoms with Crippen LogP contribution >= 0.6 is 0 Å². The quantitative estimate of drug-likeness (QED) is 0.858. The van der Waals surface area contributed by atoms with Gasteiger partial charge >= 0.3 is 7.12 Å². The van der Waals surface area contributed by atoms with Crippen molar-refractivity contribution in [3.05, 3.63) is 23.8 Å². The summed E-state index contributed by atoms with van der Waals surface area (Å²) in [5.41, 5.74) is 5.73. The molecule has 0 atom stereocenters. The van der Waals surface area contributed by atoms with E-state index in [1.54, 1.807) is 19.2 Å². The molecular formula is C14H21BN2O3. The van der Waals surface area contributed by atoms with Gasteiger partial charge in [-0.15, -0.1) is 0 Å². The summed E-state index contributed by atoms with van der Waals surface area (Å²) >= 11 is 0. The van der Waals surface area contributed by atoms with Crippen LogP contribution in [-0.2, 0) is 9.31 Å². The zero-order valence-corrected chi connectivity index (χ0v) is 12.6. The Balaban J connectivity index is 2.13. The highest BCUT2D eigenvalue weighted by molar-refractivity contribution is 6.52. The van der Waals surface area contributed by atoms with Crippen molar-refractivity contribution < 1.29 is 14.0 Å². The molecule has 0 saturated carbocycles. The lowest BCUT2D eigenvalue weighted by Crippen LogP contribution is -2.41. The summed E-state index contributed by atoms with van der Waals surface area (Å²) in [6.45, 7) is 8.07. The molecule has 0 spiro atoms. The summed E-state index contributed by atoms with van der Waals surface area (Å²) in [5.74, 6) is 2.92. The van der Waals surface area contributed by atoms with Crippen LogP contribution in [0.3, 0.4) is 0 Å². The van der Waals surface area contributed by atoms with Crippen LogP contribution in [-0.4, -0.2) is 30.4 Å². The Labute approximate surface area is 120 Å². The van der Waals surface area contributed by atoms with E-state index in [1.807, 2.05) is 39.7 Å². The van der Waals surface area contributed by atoms with Crippen LogP contribution in [0.25, 0.3) is 6.08 Å². The molecule has 20 heavy (non-hydrogen) atoms. The topological polar surface area (TPSA) is 66.6 Å². The second kappa shape index (κ2) is 5.11. The Kier molecular flexibility index (Phi) is 3.80. The van der Waals surface area contributed by atoms with Crippen molar-refractivity contribution in [1.82, 2.24) is 4.98 Å². The number of ether oxygens (including phenoxy) is 1. The van der Waals surface area contributed by atoms with Crippen molar-refractivity contribution in [2.24, 2.45) is 0 Å². The van der Waals surface area contributed by atoms with Crippen LogP contribution in [0.15, 0.2) is 18.1 Å². The highest BCUT2D eigenvalue weighted by atomic mass is 16.7. The summed E-state index contributed by atoms with van der Waals surface area (Å²) in [6.07, 6.45) is 1.82. The van der Waals surface area contributed by atoms with Gasteiger partial charge in [0.2, 0.25) is 0 Å². The molecule has 0 aliphatic carbocycles. The number of aromatic nitrogens is 1. The Hall–Kier alpha value is -1.53. The van der Waals surface area contributed by atoms with E-state index in [4.69, 9.17) is 19.8 Å². The average Bonchev–Trinajstić information content (AvgIpc) is 2.54. The molecule has 2 rings (SSSR count). The predicted molar refractivity (Wildman–Crippen MR) is 80.3 cm³/mol. The minimum atomic E-state index is -0.394. The first-order chi connectivity index (χ1) is 9.23. The largest absolute Gasteiger partial charge is 0.497 e. The number of nitrogens with two attached hydrogens (primary N) is 1. The molecule has 108 valence electrons. The third kappa shape index (κ3) is 2.97. The van der Waals surface area contributed by atoms with Gasteiger partial charge in [-0.05, 0) is 33.8 Å². The number of hydrogen-bond acceptors (Lipinski definition) is 5. The van der Waals surface area contributed by atoms with Gasteiger partial charge in [0.05, 0.1) is 24.0 Å². The molecule has 1 aromatic heterocycles. The van der Waals surface area contributed by atoms with Gasteiger partial charge in [0.1, 0.15) is 11.6 Å². The minimum absolute atomic E-state index is 0.344. The number of anilines is 1. The van der Waals surface area contributed by atoms with Gasteiger partial charge in [-0.1, -0.05) is 5.98 Å². The fraction of sp³-hybridized carbons (Fsp3) is 0.500. The van der Waals surface area contributed by atoms with E-state index in [0.717, 1.165) is 0 Å². The fourth-order valence-corrected chi connectivity index (χ4v) is 1.89. The molecule has 0 radical (unpaired) electrons. The molecule has 0 unspecified atom stereocenters. The number of methoxy groups -OCH3 is 1. The zero-order chi connectivity index (χ0) is 15.0. The first-order valence-electron chi connectivity index (χ1n) is 6.59. The number of pyridine rings is 1. The monoisotopic (exact) mass is 276 g/mol. The molecule has 1 aliphatic rings. The molecule has 0 aromatic carbocycles. The summed E-state index contributed by atoms with van der Waals surface area (Å²) in [7, 11) is 1.20. The molecule has 1 aromatic rings. The summed E-state index contributed by atoms with van der Waals surface area (Å²) in [5, 5.41) is 0. The number of nitrogens with zero attached hydrogens (tertiary/aromatic N) is 1. The minimum Gasteiger partial charge on any atom is -0.497 e. The second-order valence-corrected chi connectivity index (χ2v) is 5.84. The normalized spacial score (nSPS) is 20.6. The van der Waals surface area contributed by atoms with Crippen molar-refractivity contribution in [2.45, 2.75) is 38.9 Å². The van der Waals surface area contributed by atoms with Gasteiger partial charge < -0.3 is 19.8 Å². The van der Waals surface area contributed by atoms with Gasteiger partial charge in [0.15, 0.2) is 0 Å². The highest BCUT2D eigenvalue weighted by Gasteiger charge is 2.49. The smallest absolute Gasteiger partial charge is 0.487 e. The molecule has 6 heteroatoms. The van der Waals surface area contributed by atoms with E-state index >= 15 is 0 Å². The van der Waals surface area contributed by atoms with Crippen molar-refractivity contribution >= 4 is 19.0 Å². The molecule has 1 saturated heterocycles. The maximum atomic E-state index is 5.87. The Morgan fingerprint density at radius 2 is 1.80 bits per heavy atom. The first-order valence-corrected chi connectivity index (χ1v) is 6.59. The van der Waals surface area contributed by atoms with Crippen molar-refractivity contribution in [2.75, 3.05) is 12.8 Å². The molecule has 0 amide bonds. The third-order valence-corrected chi connectivity index (χ3v) is 3.77. The van der Waals surface area contributed by atoms with E-state index in [9.17, 15) is 0 Å². The van der Waals surface area contributed by atoms with Gasteiger partial charge in [-0.2, -0.15) is 0 Å². The lowest BCUT2D eigenvalue weighted by Gasteiger charge is -2.32. The lowest BCUT2D eigenvalue weighted by molar-refractivity contribution is 0.00578. The van der Waals surface area contributed by atoms with Gasteiger partial charge in [-0.3, -0.25) is 0 Å². The summed E-state index contributed by atoms with van der Waals surface area (Å²) in [4.78, 5) is 4.22. The van der Waals surface area contributed by atoms with Crippen LogP contribution < -0.4 is 10.5 Å². The molecule has 5 nitrogen and oxygen atoms in total. The van der Waals surface area contributed by atoms with E-state index in [-0.39, 0.29) is 11.2 Å². The maximum Gasteiger partial charge on any atom is 0.487 e. The van der Waals surface area contributed by atoms with Crippen molar-refractivity contribution in [3.8, 4) is 5.75 Å². The van der Waals surface area contributed by atoms with Crippen LogP contribution in [0.2, 0.25) is 0 Å². The average molecular weight is 276 g/mol. The van der Waals surface area contributed by atoms with Gasteiger partial charge in [0.25, 0.3) is 0 Å². The molecule has 0 bridgehead atoms. The molecule has 1 fully saturated rings. The Morgan fingerprint density at radius 3 is 2.35 bits per heavy atom. The van der Waals surface area contributed by atoms with Crippen LogP contribution in [0, 0.1) is 0 Å². The number of hydrogen-bond donors (Lipinski definition) is 1. The van der Waals surface area contributed by atoms with E-state index in [1.165, 1.54) is 0 Å². The van der Waals surface area contributed by atoms with Crippen molar-refractivity contribution in [1.29, 1.82) is 0 Å². The van der Waals surface area contributed by atoms with Gasteiger partial charge in [-0.25, -0.2) is 4.98 Å². The van der Waals surface area contributed by atoms with Gasteiger partial charge in [0, 0.05) is 12.1 Å². The molecule has 2 heterocycles. The second-order valence-electron chi connectivity index (χ2n) is 5.84. The molecule has 1 aliphatic heterocycles. The Bertz CT molecular complexity index is 513.